The summed E-state index contributed by atoms with van der Waals surface area (Å²) in [5, 5.41) is 9.80. The Morgan fingerprint density at radius 3 is 1.80 bits per heavy atom. The van der Waals surface area contributed by atoms with Gasteiger partial charge in [0.2, 0.25) is 0 Å². The topological polar surface area (TPSA) is 23.5 Å². The molecule has 0 aliphatic carbocycles. The van der Waals surface area contributed by atoms with Crippen LogP contribution in [0.4, 0.5) is 0 Å². The number of likely N-dealkylation sites (tertiary alicyclic amines) is 1. The van der Waals surface area contributed by atoms with E-state index in [4.69, 9.17) is 0 Å². The summed E-state index contributed by atoms with van der Waals surface area (Å²) < 4.78 is 0. The first-order valence-electron chi connectivity index (χ1n) is 6.86. The van der Waals surface area contributed by atoms with E-state index in [0.717, 1.165) is 19.5 Å². The first-order chi connectivity index (χ1) is 9.34. The Hall–Kier alpha value is -0.640. The van der Waals surface area contributed by atoms with Crippen molar-refractivity contribution in [3.05, 3.63) is 71.8 Å². The minimum absolute atomic E-state index is 0. The molecule has 1 N–H and O–H groups in total. The molecule has 0 aromatic heterocycles. The molecule has 1 atom stereocenters. The quantitative estimate of drug-likeness (QED) is 0.871. The fourth-order valence-corrected chi connectivity index (χ4v) is 2.89. The molecule has 0 saturated carbocycles. The molecule has 0 spiro atoms. The van der Waals surface area contributed by atoms with Gasteiger partial charge in [0, 0.05) is 42.6 Å². The molecule has 99 valence electrons. The van der Waals surface area contributed by atoms with Gasteiger partial charge in [-0.15, -0.1) is 0 Å². The van der Waals surface area contributed by atoms with Crippen LogP contribution >= 0.6 is 0 Å². The van der Waals surface area contributed by atoms with Gasteiger partial charge in [0.05, 0.1) is 12.1 Å². The molecule has 2 aromatic carbocycles. The molecular formula is C17H19NNaO. The van der Waals surface area contributed by atoms with E-state index in [9.17, 15) is 5.11 Å². The van der Waals surface area contributed by atoms with Crippen LogP contribution in [-0.4, -0.2) is 58.8 Å². The summed E-state index contributed by atoms with van der Waals surface area (Å²) in [4.78, 5) is 2.37. The average molecular weight is 276 g/mol. The van der Waals surface area contributed by atoms with Gasteiger partial charge in [-0.2, -0.15) is 0 Å². The van der Waals surface area contributed by atoms with Crippen molar-refractivity contribution in [2.75, 3.05) is 13.1 Å². The van der Waals surface area contributed by atoms with Crippen molar-refractivity contribution in [2.45, 2.75) is 18.6 Å². The second-order valence-corrected chi connectivity index (χ2v) is 5.16. The molecule has 0 unspecified atom stereocenters. The number of β-amino-alcohol motifs (C(OH)–C–C–N with tert-alkyl or cyclic N) is 1. The predicted octanol–water partition coefficient (Wildman–Crippen LogP) is 2.46. The summed E-state index contributed by atoms with van der Waals surface area (Å²) in [6, 6.07) is 21.3. The van der Waals surface area contributed by atoms with Crippen LogP contribution in [0, 0.1) is 0 Å². The maximum Gasteiger partial charge on any atom is 0.0679 e. The number of hydrogen-bond donors (Lipinski definition) is 1. The Kier molecular flexibility index (Phi) is 5.82. The van der Waals surface area contributed by atoms with Gasteiger partial charge in [-0.25, -0.2) is 0 Å². The smallest absolute Gasteiger partial charge is 0.0679 e. The Morgan fingerprint density at radius 2 is 1.40 bits per heavy atom. The van der Waals surface area contributed by atoms with Crippen LogP contribution in [0.5, 0.6) is 0 Å². The molecule has 2 nitrogen and oxygen atoms in total. The van der Waals surface area contributed by atoms with Crippen molar-refractivity contribution in [3.8, 4) is 0 Å². The summed E-state index contributed by atoms with van der Waals surface area (Å²) in [5.74, 6) is 0. The molecule has 0 amide bonds. The van der Waals surface area contributed by atoms with Gasteiger partial charge in [0.1, 0.15) is 0 Å². The Bertz CT molecular complexity index is 478. The molecule has 3 heteroatoms. The van der Waals surface area contributed by atoms with Gasteiger partial charge in [-0.05, 0) is 17.5 Å². The third kappa shape index (κ3) is 3.51. The van der Waals surface area contributed by atoms with Gasteiger partial charge in [0.15, 0.2) is 0 Å². The number of aliphatic hydroxyl groups excluding tert-OH is 1. The molecule has 20 heavy (non-hydrogen) atoms. The van der Waals surface area contributed by atoms with E-state index in [1.807, 2.05) is 12.1 Å². The zero-order valence-electron chi connectivity index (χ0n) is 11.9. The third-order valence-electron chi connectivity index (χ3n) is 3.79. The van der Waals surface area contributed by atoms with Crippen LogP contribution in [0.2, 0.25) is 0 Å². The first-order valence-corrected chi connectivity index (χ1v) is 6.86. The summed E-state index contributed by atoms with van der Waals surface area (Å²) in [5.41, 5.74) is 2.59. The van der Waals surface area contributed by atoms with E-state index in [1.54, 1.807) is 0 Å². The number of rotatable bonds is 3. The number of nitrogens with zero attached hydrogens (tertiary/aromatic N) is 1. The molecule has 3 rings (SSSR count). The van der Waals surface area contributed by atoms with Gasteiger partial charge < -0.3 is 5.11 Å². The molecule has 1 aliphatic rings. The van der Waals surface area contributed by atoms with E-state index in [-0.39, 0.29) is 41.7 Å². The normalized spacial score (nSPS) is 19.0. The number of aliphatic hydroxyl groups is 1. The van der Waals surface area contributed by atoms with Crippen LogP contribution in [0.15, 0.2) is 60.7 Å². The van der Waals surface area contributed by atoms with Crippen LogP contribution in [-0.2, 0) is 0 Å². The van der Waals surface area contributed by atoms with Gasteiger partial charge >= 0.3 is 0 Å². The minimum atomic E-state index is -0.185. The zero-order valence-corrected chi connectivity index (χ0v) is 13.9. The second kappa shape index (κ2) is 7.39. The van der Waals surface area contributed by atoms with Gasteiger partial charge in [-0.3, -0.25) is 4.90 Å². The van der Waals surface area contributed by atoms with Crippen molar-refractivity contribution in [3.63, 3.8) is 0 Å². The summed E-state index contributed by atoms with van der Waals surface area (Å²) >= 11 is 0. The molecule has 1 saturated heterocycles. The molecular weight excluding hydrogens is 257 g/mol. The van der Waals surface area contributed by atoms with Crippen molar-refractivity contribution in [1.82, 2.24) is 4.90 Å². The zero-order chi connectivity index (χ0) is 13.1. The Balaban J connectivity index is 0.00000147. The van der Waals surface area contributed by atoms with E-state index < -0.39 is 0 Å². The van der Waals surface area contributed by atoms with Crippen molar-refractivity contribution < 1.29 is 5.11 Å². The monoisotopic (exact) mass is 276 g/mol. The minimum Gasteiger partial charge on any atom is -0.392 e. The molecule has 0 bridgehead atoms. The Morgan fingerprint density at radius 1 is 0.900 bits per heavy atom. The summed E-state index contributed by atoms with van der Waals surface area (Å²) in [7, 11) is 0. The maximum atomic E-state index is 9.80. The maximum absolute atomic E-state index is 9.80. The van der Waals surface area contributed by atoms with E-state index in [2.05, 4.69) is 53.4 Å². The van der Waals surface area contributed by atoms with Gasteiger partial charge in [-0.1, -0.05) is 60.7 Å². The van der Waals surface area contributed by atoms with Crippen LogP contribution in [0.25, 0.3) is 0 Å². The Labute approximate surface area is 142 Å². The van der Waals surface area contributed by atoms with E-state index >= 15 is 0 Å². The predicted molar refractivity (Wildman–Crippen MR) is 82.7 cm³/mol. The van der Waals surface area contributed by atoms with Gasteiger partial charge in [0.25, 0.3) is 0 Å². The third-order valence-corrected chi connectivity index (χ3v) is 3.79. The summed E-state index contributed by atoms with van der Waals surface area (Å²) in [6.45, 7) is 1.71. The number of benzene rings is 2. The van der Waals surface area contributed by atoms with Crippen molar-refractivity contribution in [1.29, 1.82) is 0 Å². The molecule has 1 fully saturated rings. The second-order valence-electron chi connectivity index (χ2n) is 5.16. The standard InChI is InChI=1S/C17H19NO.Na/c19-16-11-12-18(13-16)17(14-7-3-1-4-8-14)15-9-5-2-6-10-15;/h1-10,16-17,19H,11-13H2;/t16-;/m0./s1. The molecule has 1 aliphatic heterocycles. The molecule has 1 heterocycles. The fraction of sp³-hybridized carbons (Fsp3) is 0.294. The van der Waals surface area contributed by atoms with Crippen LogP contribution < -0.4 is 0 Å². The van der Waals surface area contributed by atoms with Crippen LogP contribution in [0.1, 0.15) is 23.6 Å². The summed E-state index contributed by atoms with van der Waals surface area (Å²) in [6.07, 6.45) is 0.686. The first kappa shape index (κ1) is 15.7. The molecule has 2 aromatic rings. The van der Waals surface area contributed by atoms with Crippen molar-refractivity contribution >= 4 is 29.6 Å². The molecule has 1 radical (unpaired) electrons. The number of hydrogen-bond acceptors (Lipinski definition) is 2. The largest absolute Gasteiger partial charge is 0.392 e. The average Bonchev–Trinajstić information content (AvgIpc) is 2.88. The SMILES string of the molecule is O[C@H]1CCN(C(c2ccccc2)c2ccccc2)C1.[Na]. The van der Waals surface area contributed by atoms with Crippen LogP contribution in [0.3, 0.4) is 0 Å². The van der Waals surface area contributed by atoms with E-state index in [0.29, 0.717) is 0 Å². The fourth-order valence-electron chi connectivity index (χ4n) is 2.89. The van der Waals surface area contributed by atoms with E-state index in [1.165, 1.54) is 11.1 Å². The van der Waals surface area contributed by atoms with Crippen molar-refractivity contribution in [2.24, 2.45) is 0 Å².